The fourth-order valence-corrected chi connectivity index (χ4v) is 2.57. The zero-order valence-electron chi connectivity index (χ0n) is 13.9. The molecule has 0 saturated heterocycles. The van der Waals surface area contributed by atoms with Gasteiger partial charge in [0, 0.05) is 10.6 Å². The second-order valence-electron chi connectivity index (χ2n) is 5.27. The van der Waals surface area contributed by atoms with Crippen LogP contribution in [-0.2, 0) is 17.8 Å². The lowest BCUT2D eigenvalue weighted by Gasteiger charge is -2.19. The van der Waals surface area contributed by atoms with Crippen LogP contribution in [0.5, 0.6) is 5.75 Å². The van der Waals surface area contributed by atoms with Gasteiger partial charge in [-0.1, -0.05) is 42.3 Å². The van der Waals surface area contributed by atoms with Gasteiger partial charge in [-0.3, -0.25) is 5.21 Å². The number of rotatable bonds is 5. The van der Waals surface area contributed by atoms with Crippen molar-refractivity contribution in [2.24, 2.45) is 0 Å². The maximum Gasteiger partial charge on any atom is 0.438 e. The molecule has 0 aliphatic rings. The number of halogens is 1. The number of amides is 1. The van der Waals surface area contributed by atoms with Crippen molar-refractivity contribution in [1.29, 1.82) is 0 Å². The summed E-state index contributed by atoms with van der Waals surface area (Å²) in [7, 11) is 1.19. The first-order valence-electron chi connectivity index (χ1n) is 7.54. The number of hydrogen-bond acceptors (Lipinski definition) is 4. The Balaban J connectivity index is 2.29. The topological polar surface area (TPSA) is 59.0 Å². The Hall–Kier alpha value is -2.24. The van der Waals surface area contributed by atoms with Crippen LogP contribution in [0.15, 0.2) is 36.4 Å². The fourth-order valence-electron chi connectivity index (χ4n) is 2.35. The summed E-state index contributed by atoms with van der Waals surface area (Å²) < 4.78 is 10.4. The third kappa shape index (κ3) is 3.99. The molecule has 2 aromatic carbocycles. The lowest BCUT2D eigenvalue weighted by atomic mass is 10.1. The fraction of sp³-hybridized carbons (Fsp3) is 0.278. The van der Waals surface area contributed by atoms with E-state index in [1.54, 1.807) is 18.2 Å². The highest BCUT2D eigenvalue weighted by Crippen LogP contribution is 2.30. The summed E-state index contributed by atoms with van der Waals surface area (Å²) in [6, 6.07) is 10.8. The highest BCUT2D eigenvalue weighted by atomic mass is 35.5. The van der Waals surface area contributed by atoms with Gasteiger partial charge in [0.15, 0.2) is 0 Å². The second kappa shape index (κ2) is 8.04. The van der Waals surface area contributed by atoms with Crippen LogP contribution in [0.3, 0.4) is 0 Å². The molecule has 0 saturated carbocycles. The molecule has 0 radical (unpaired) electrons. The van der Waals surface area contributed by atoms with Gasteiger partial charge in [0.2, 0.25) is 0 Å². The number of benzene rings is 2. The first kappa shape index (κ1) is 18.1. The molecular weight excluding hydrogens is 330 g/mol. The number of hydroxylamine groups is 1. The Morgan fingerprint density at radius 1 is 1.29 bits per heavy atom. The molecule has 0 aliphatic heterocycles. The lowest BCUT2D eigenvalue weighted by Crippen LogP contribution is -2.28. The monoisotopic (exact) mass is 349 g/mol. The van der Waals surface area contributed by atoms with Gasteiger partial charge < -0.3 is 9.47 Å². The molecule has 0 heterocycles. The number of methoxy groups -OCH3 is 1. The minimum atomic E-state index is -0.900. The molecule has 5 nitrogen and oxygen atoms in total. The Morgan fingerprint density at radius 2 is 2.04 bits per heavy atom. The minimum absolute atomic E-state index is 0.110. The Morgan fingerprint density at radius 3 is 2.71 bits per heavy atom. The predicted molar refractivity (Wildman–Crippen MR) is 93.0 cm³/mol. The van der Waals surface area contributed by atoms with Crippen molar-refractivity contribution < 1.29 is 19.5 Å². The van der Waals surface area contributed by atoms with E-state index < -0.39 is 6.09 Å². The van der Waals surface area contributed by atoms with Gasteiger partial charge in [0.25, 0.3) is 0 Å². The summed E-state index contributed by atoms with van der Waals surface area (Å²) in [5.41, 5.74) is 2.96. The Bertz CT molecular complexity index is 733. The number of ether oxygens (including phenoxy) is 2. The van der Waals surface area contributed by atoms with E-state index in [9.17, 15) is 10.0 Å². The summed E-state index contributed by atoms with van der Waals surface area (Å²) >= 11 is 6.22. The van der Waals surface area contributed by atoms with Crippen LogP contribution in [0.1, 0.15) is 23.6 Å². The smallest absolute Gasteiger partial charge is 0.438 e. The molecule has 2 aromatic rings. The van der Waals surface area contributed by atoms with Crippen molar-refractivity contribution >= 4 is 23.4 Å². The van der Waals surface area contributed by atoms with Gasteiger partial charge in [-0.25, -0.2) is 4.79 Å². The molecule has 24 heavy (non-hydrogen) atoms. The van der Waals surface area contributed by atoms with E-state index >= 15 is 0 Å². The van der Waals surface area contributed by atoms with Crippen LogP contribution >= 0.6 is 11.6 Å². The first-order valence-corrected chi connectivity index (χ1v) is 7.92. The first-order chi connectivity index (χ1) is 11.5. The number of carbonyl (C=O) groups is 1. The molecule has 0 fully saturated rings. The van der Waals surface area contributed by atoms with Crippen LogP contribution in [0, 0.1) is 6.92 Å². The van der Waals surface area contributed by atoms with Crippen molar-refractivity contribution in [2.45, 2.75) is 26.9 Å². The van der Waals surface area contributed by atoms with E-state index in [2.05, 4.69) is 17.7 Å². The third-order valence-corrected chi connectivity index (χ3v) is 3.99. The summed E-state index contributed by atoms with van der Waals surface area (Å²) in [6.07, 6.45) is -0.0659. The van der Waals surface area contributed by atoms with Gasteiger partial charge in [0.1, 0.15) is 12.4 Å². The number of hydrogen-bond donors (Lipinski definition) is 1. The van der Waals surface area contributed by atoms with Crippen molar-refractivity contribution in [3.63, 3.8) is 0 Å². The van der Waals surface area contributed by atoms with Gasteiger partial charge in [-0.05, 0) is 37.1 Å². The highest BCUT2D eigenvalue weighted by Gasteiger charge is 2.19. The van der Waals surface area contributed by atoms with Gasteiger partial charge >= 0.3 is 6.09 Å². The maximum absolute atomic E-state index is 11.6. The molecule has 1 N–H and O–H groups in total. The second-order valence-corrected chi connectivity index (χ2v) is 5.68. The normalized spacial score (nSPS) is 10.4. The zero-order valence-corrected chi connectivity index (χ0v) is 14.6. The Labute approximate surface area is 146 Å². The third-order valence-electron chi connectivity index (χ3n) is 3.64. The molecule has 0 spiro atoms. The minimum Gasteiger partial charge on any atom is -0.488 e. The highest BCUT2D eigenvalue weighted by molar-refractivity contribution is 6.31. The molecule has 0 unspecified atom stereocenters. The number of carbonyl (C=O) groups excluding carboxylic acids is 1. The van der Waals surface area contributed by atoms with Crippen molar-refractivity contribution in [2.75, 3.05) is 12.2 Å². The van der Waals surface area contributed by atoms with E-state index in [4.69, 9.17) is 16.3 Å². The summed E-state index contributed by atoms with van der Waals surface area (Å²) in [4.78, 5) is 11.6. The van der Waals surface area contributed by atoms with Crippen molar-refractivity contribution in [3.05, 3.63) is 58.1 Å². The quantitative estimate of drug-likeness (QED) is 0.625. The van der Waals surface area contributed by atoms with E-state index in [0.717, 1.165) is 23.3 Å². The standard InChI is InChI=1S/C18H20ClNO4/c1-4-13-10-12(2)8-9-17(13)24-11-14-15(19)6-5-7-16(14)20(22)18(21)23-3/h5-10,22H,4,11H2,1-3H3. The largest absolute Gasteiger partial charge is 0.488 e. The lowest BCUT2D eigenvalue weighted by molar-refractivity contribution is 0.140. The molecule has 128 valence electrons. The molecular formula is C18H20ClNO4. The molecule has 0 atom stereocenters. The maximum atomic E-state index is 11.6. The van der Waals surface area contributed by atoms with Gasteiger partial charge in [0.05, 0.1) is 12.8 Å². The van der Waals surface area contributed by atoms with Gasteiger partial charge in [-0.15, -0.1) is 0 Å². The zero-order chi connectivity index (χ0) is 17.7. The van der Waals surface area contributed by atoms with Gasteiger partial charge in [-0.2, -0.15) is 5.06 Å². The molecule has 0 bridgehead atoms. The summed E-state index contributed by atoms with van der Waals surface area (Å²) in [6.45, 7) is 4.18. The van der Waals surface area contributed by atoms with E-state index in [0.29, 0.717) is 15.6 Å². The van der Waals surface area contributed by atoms with Crippen LogP contribution < -0.4 is 9.80 Å². The average Bonchev–Trinajstić information content (AvgIpc) is 2.59. The van der Waals surface area contributed by atoms with E-state index in [1.807, 2.05) is 19.1 Å². The van der Waals surface area contributed by atoms with Crippen LogP contribution in [0.2, 0.25) is 5.02 Å². The number of aryl methyl sites for hydroxylation is 2. The molecule has 2 rings (SSSR count). The van der Waals surface area contributed by atoms with E-state index in [1.165, 1.54) is 7.11 Å². The molecule has 0 aliphatic carbocycles. The number of anilines is 1. The molecule has 6 heteroatoms. The van der Waals surface area contributed by atoms with Crippen molar-refractivity contribution in [3.8, 4) is 5.75 Å². The SMILES string of the molecule is CCc1cc(C)ccc1OCc1c(Cl)cccc1N(O)C(=O)OC. The van der Waals surface area contributed by atoms with Crippen LogP contribution in [0.25, 0.3) is 0 Å². The van der Waals surface area contributed by atoms with Crippen LogP contribution in [0.4, 0.5) is 10.5 Å². The molecule has 0 aromatic heterocycles. The Kier molecular flexibility index (Phi) is 6.06. The average molecular weight is 350 g/mol. The van der Waals surface area contributed by atoms with E-state index in [-0.39, 0.29) is 12.3 Å². The van der Waals surface area contributed by atoms with Crippen molar-refractivity contribution in [1.82, 2.24) is 0 Å². The molecule has 1 amide bonds. The van der Waals surface area contributed by atoms with Crippen LogP contribution in [-0.4, -0.2) is 18.4 Å². The number of nitrogens with zero attached hydrogens (tertiary/aromatic N) is 1. The summed E-state index contributed by atoms with van der Waals surface area (Å²) in [5, 5.41) is 10.8. The predicted octanol–water partition coefficient (Wildman–Crippen LogP) is 4.75. The summed E-state index contributed by atoms with van der Waals surface area (Å²) in [5.74, 6) is 0.747.